The van der Waals surface area contributed by atoms with Crippen LogP contribution in [0.25, 0.3) is 5.69 Å². The minimum Gasteiger partial charge on any atom is -0.268 e. The topological polar surface area (TPSA) is 30.7 Å². The summed E-state index contributed by atoms with van der Waals surface area (Å²) in [6.07, 6.45) is 2.28. The Kier molecular flexibility index (Phi) is 2.89. The molecule has 2 aromatic rings. The van der Waals surface area contributed by atoms with E-state index in [9.17, 15) is 0 Å². The van der Waals surface area contributed by atoms with E-state index in [1.54, 1.807) is 0 Å². The second-order valence-corrected chi connectivity index (χ2v) is 5.69. The van der Waals surface area contributed by atoms with Gasteiger partial charge in [-0.1, -0.05) is 27.5 Å². The number of hydrogen-bond donors (Lipinski definition) is 0. The first-order valence-corrected chi connectivity index (χ1v) is 6.78. The monoisotopic (exact) mass is 331 g/mol. The minimum atomic E-state index is 0.358. The standard InChI is InChI=1S/C11H8BrCl2N3/c12-7-3-4-9(8(13)5-7)17-10(6-1-2-6)15-16-11(17)14/h3-6H,1-2H2. The van der Waals surface area contributed by atoms with Gasteiger partial charge in [-0.25, -0.2) is 0 Å². The van der Waals surface area contributed by atoms with Crippen LogP contribution in [0.2, 0.25) is 10.3 Å². The molecule has 1 aliphatic rings. The molecule has 1 saturated carbocycles. The van der Waals surface area contributed by atoms with E-state index in [0.717, 1.165) is 28.8 Å². The van der Waals surface area contributed by atoms with Crippen molar-refractivity contribution >= 4 is 39.1 Å². The summed E-state index contributed by atoms with van der Waals surface area (Å²) in [5.74, 6) is 1.37. The number of nitrogens with zero attached hydrogens (tertiary/aromatic N) is 3. The van der Waals surface area contributed by atoms with Crippen molar-refractivity contribution in [1.82, 2.24) is 14.8 Å². The predicted octanol–water partition coefficient (Wildman–Crippen LogP) is 4.21. The summed E-state index contributed by atoms with van der Waals surface area (Å²) >= 11 is 15.7. The van der Waals surface area contributed by atoms with Crippen molar-refractivity contribution < 1.29 is 0 Å². The molecular weight excluding hydrogens is 325 g/mol. The van der Waals surface area contributed by atoms with Gasteiger partial charge < -0.3 is 0 Å². The maximum atomic E-state index is 6.22. The zero-order chi connectivity index (χ0) is 12.0. The third-order valence-corrected chi connectivity index (χ3v) is 3.78. The van der Waals surface area contributed by atoms with E-state index >= 15 is 0 Å². The van der Waals surface area contributed by atoms with Gasteiger partial charge >= 0.3 is 0 Å². The van der Waals surface area contributed by atoms with E-state index in [0.29, 0.717) is 16.2 Å². The fourth-order valence-corrected chi connectivity index (χ4v) is 2.74. The Hall–Kier alpha value is -0.580. The lowest BCUT2D eigenvalue weighted by Crippen LogP contribution is -2.01. The summed E-state index contributed by atoms with van der Waals surface area (Å²) < 4.78 is 2.76. The average Bonchev–Trinajstić information content (AvgIpc) is 3.04. The summed E-state index contributed by atoms with van der Waals surface area (Å²) in [5.41, 5.74) is 0.826. The lowest BCUT2D eigenvalue weighted by Gasteiger charge is -2.09. The Morgan fingerprint density at radius 2 is 2.00 bits per heavy atom. The van der Waals surface area contributed by atoms with Gasteiger partial charge in [-0.2, -0.15) is 0 Å². The molecule has 0 bridgehead atoms. The van der Waals surface area contributed by atoms with Crippen LogP contribution in [0.4, 0.5) is 0 Å². The zero-order valence-corrected chi connectivity index (χ0v) is 11.8. The van der Waals surface area contributed by atoms with Crippen LogP contribution in [0, 0.1) is 0 Å². The van der Waals surface area contributed by atoms with Crippen molar-refractivity contribution in [3.8, 4) is 5.69 Å². The molecule has 1 aromatic heterocycles. The maximum absolute atomic E-state index is 6.22. The molecule has 88 valence electrons. The van der Waals surface area contributed by atoms with Gasteiger partial charge in [-0.05, 0) is 42.6 Å². The highest BCUT2D eigenvalue weighted by Gasteiger charge is 2.31. The van der Waals surface area contributed by atoms with Crippen LogP contribution in [-0.4, -0.2) is 14.8 Å². The summed E-state index contributed by atoms with van der Waals surface area (Å²) in [6, 6.07) is 5.67. The number of hydrogen-bond acceptors (Lipinski definition) is 2. The van der Waals surface area contributed by atoms with E-state index in [-0.39, 0.29) is 0 Å². The SMILES string of the molecule is Clc1cc(Br)ccc1-n1c(Cl)nnc1C1CC1. The first-order chi connectivity index (χ1) is 8.16. The number of rotatable bonds is 2. The molecule has 0 saturated heterocycles. The van der Waals surface area contributed by atoms with Gasteiger partial charge in [0.2, 0.25) is 5.28 Å². The highest BCUT2D eigenvalue weighted by atomic mass is 79.9. The Balaban J connectivity index is 2.16. The van der Waals surface area contributed by atoms with E-state index in [2.05, 4.69) is 26.1 Å². The normalized spacial score (nSPS) is 15.2. The van der Waals surface area contributed by atoms with Crippen molar-refractivity contribution in [1.29, 1.82) is 0 Å². The second kappa shape index (κ2) is 4.26. The quantitative estimate of drug-likeness (QED) is 0.824. The van der Waals surface area contributed by atoms with Crippen LogP contribution in [0.1, 0.15) is 24.6 Å². The average molecular weight is 333 g/mol. The smallest absolute Gasteiger partial charge is 0.229 e. The number of benzene rings is 1. The highest BCUT2D eigenvalue weighted by Crippen LogP contribution is 2.41. The zero-order valence-electron chi connectivity index (χ0n) is 8.70. The molecule has 0 spiro atoms. The molecule has 3 nitrogen and oxygen atoms in total. The first-order valence-electron chi connectivity index (χ1n) is 5.23. The molecule has 1 aliphatic carbocycles. The Morgan fingerprint density at radius 3 is 2.65 bits per heavy atom. The molecule has 0 amide bonds. The molecule has 17 heavy (non-hydrogen) atoms. The van der Waals surface area contributed by atoms with Gasteiger partial charge in [0.05, 0.1) is 10.7 Å². The van der Waals surface area contributed by atoms with E-state index < -0.39 is 0 Å². The molecule has 1 aromatic carbocycles. The lowest BCUT2D eigenvalue weighted by molar-refractivity contribution is 0.872. The van der Waals surface area contributed by atoms with Gasteiger partial charge in [0.1, 0.15) is 5.82 Å². The summed E-state index contributed by atoms with van der Waals surface area (Å²) in [5, 5.41) is 9.04. The predicted molar refractivity (Wildman–Crippen MR) is 71.1 cm³/mol. The maximum Gasteiger partial charge on any atom is 0.229 e. The largest absolute Gasteiger partial charge is 0.268 e. The molecule has 6 heteroatoms. The number of aromatic nitrogens is 3. The second-order valence-electron chi connectivity index (χ2n) is 4.03. The van der Waals surface area contributed by atoms with Crippen LogP contribution in [0.5, 0.6) is 0 Å². The summed E-state index contributed by atoms with van der Waals surface area (Å²) in [4.78, 5) is 0. The van der Waals surface area contributed by atoms with Crippen molar-refractivity contribution in [3.63, 3.8) is 0 Å². The lowest BCUT2D eigenvalue weighted by atomic mass is 10.3. The van der Waals surface area contributed by atoms with Gasteiger partial charge in [-0.3, -0.25) is 4.57 Å². The van der Waals surface area contributed by atoms with Crippen molar-refractivity contribution in [2.24, 2.45) is 0 Å². The van der Waals surface area contributed by atoms with E-state index in [4.69, 9.17) is 23.2 Å². The molecule has 0 aliphatic heterocycles. The molecule has 1 fully saturated rings. The summed E-state index contributed by atoms with van der Waals surface area (Å²) in [7, 11) is 0. The molecule has 0 atom stereocenters. The van der Waals surface area contributed by atoms with Crippen molar-refractivity contribution in [2.45, 2.75) is 18.8 Å². The van der Waals surface area contributed by atoms with Gasteiger partial charge in [0, 0.05) is 10.4 Å². The van der Waals surface area contributed by atoms with Gasteiger partial charge in [-0.15, -0.1) is 10.2 Å². The van der Waals surface area contributed by atoms with E-state index in [1.807, 2.05) is 22.8 Å². The molecule has 3 rings (SSSR count). The number of halogens is 3. The summed E-state index contributed by atoms with van der Waals surface area (Å²) in [6.45, 7) is 0. The molecule has 0 unspecified atom stereocenters. The van der Waals surface area contributed by atoms with Crippen LogP contribution in [0.3, 0.4) is 0 Å². The molecular formula is C11H8BrCl2N3. The van der Waals surface area contributed by atoms with Crippen LogP contribution in [-0.2, 0) is 0 Å². The first kappa shape index (κ1) is 11.5. The van der Waals surface area contributed by atoms with Crippen molar-refractivity contribution in [2.75, 3.05) is 0 Å². The van der Waals surface area contributed by atoms with Crippen LogP contribution >= 0.6 is 39.1 Å². The molecule has 0 radical (unpaired) electrons. The van der Waals surface area contributed by atoms with Crippen LogP contribution in [0.15, 0.2) is 22.7 Å². The minimum absolute atomic E-state index is 0.358. The molecule has 1 heterocycles. The Morgan fingerprint density at radius 1 is 1.24 bits per heavy atom. The van der Waals surface area contributed by atoms with Crippen molar-refractivity contribution in [3.05, 3.63) is 38.8 Å². The third-order valence-electron chi connectivity index (χ3n) is 2.74. The Bertz CT molecular complexity index is 578. The highest BCUT2D eigenvalue weighted by molar-refractivity contribution is 9.10. The Labute approximate surface area is 117 Å². The fourth-order valence-electron chi connectivity index (χ4n) is 1.77. The van der Waals surface area contributed by atoms with Crippen LogP contribution < -0.4 is 0 Å². The third kappa shape index (κ3) is 2.09. The van der Waals surface area contributed by atoms with E-state index in [1.165, 1.54) is 0 Å². The fraction of sp³-hybridized carbons (Fsp3) is 0.273. The van der Waals surface area contributed by atoms with Gasteiger partial charge in [0.25, 0.3) is 0 Å². The molecule has 0 N–H and O–H groups in total. The van der Waals surface area contributed by atoms with Gasteiger partial charge in [0.15, 0.2) is 0 Å².